The Morgan fingerprint density at radius 2 is 0.853 bits per heavy atom. The van der Waals surface area contributed by atoms with E-state index in [0.717, 1.165) is 0 Å². The van der Waals surface area contributed by atoms with E-state index >= 15 is 0 Å². The van der Waals surface area contributed by atoms with Crippen LogP contribution >= 0.6 is 0 Å². The molecular formula is C65H81BN2. The number of hydrogen-bond acceptors (Lipinski definition) is 1. The summed E-state index contributed by atoms with van der Waals surface area (Å²) in [5.74, 6) is 0.351. The van der Waals surface area contributed by atoms with Crippen LogP contribution in [0, 0.1) is 0 Å². The number of anilines is 2. The molecule has 68 heavy (non-hydrogen) atoms. The van der Waals surface area contributed by atoms with Crippen molar-refractivity contribution in [1.82, 2.24) is 4.57 Å². The first-order valence-corrected chi connectivity index (χ1v) is 27.0. The highest BCUT2D eigenvalue weighted by Crippen LogP contribution is 2.57. The minimum atomic E-state index is -0.00260. The first kappa shape index (κ1) is 44.9. The molecule has 0 atom stereocenters. The maximum Gasteiger partial charge on any atom is 0.333 e. The molecule has 0 bridgehead atoms. The molecule has 0 radical (unpaired) electrons. The maximum atomic E-state index is 2.90. The molecule has 0 saturated heterocycles. The van der Waals surface area contributed by atoms with Crippen LogP contribution in [0.25, 0.3) is 38.6 Å². The second kappa shape index (κ2) is 13.4. The Balaban J connectivity index is 1.31. The molecule has 354 valence electrons. The van der Waals surface area contributed by atoms with Gasteiger partial charge >= 0.3 is 6.85 Å². The lowest BCUT2D eigenvalue weighted by atomic mass is 9.43. The molecule has 0 unspecified atom stereocenters. The van der Waals surface area contributed by atoms with Gasteiger partial charge in [-0.15, -0.1) is 0 Å². The van der Waals surface area contributed by atoms with Crippen LogP contribution in [-0.2, 0) is 43.3 Å². The lowest BCUT2D eigenvalue weighted by Gasteiger charge is -2.48. The molecule has 12 rings (SSSR count). The first-order valence-electron chi connectivity index (χ1n) is 27.0. The van der Waals surface area contributed by atoms with E-state index in [2.05, 4.69) is 195 Å². The summed E-state index contributed by atoms with van der Waals surface area (Å²) in [4.78, 5) is 2.90. The third-order valence-electron chi connectivity index (χ3n) is 20.4. The Morgan fingerprint density at radius 1 is 0.426 bits per heavy atom. The van der Waals surface area contributed by atoms with E-state index in [0.29, 0.717) is 5.92 Å². The average Bonchev–Trinajstić information content (AvgIpc) is 3.60. The monoisotopic (exact) mass is 901 g/mol. The lowest BCUT2D eigenvalue weighted by Crippen LogP contribution is -2.61. The van der Waals surface area contributed by atoms with Gasteiger partial charge in [0.05, 0.1) is 11.0 Å². The Labute approximate surface area is 411 Å². The van der Waals surface area contributed by atoms with Crippen molar-refractivity contribution in [3.63, 3.8) is 0 Å². The number of nitrogens with zero attached hydrogens (tertiary/aromatic N) is 2. The van der Waals surface area contributed by atoms with E-state index in [1.807, 2.05) is 0 Å². The number of fused-ring (bicyclic) bond motifs is 12. The smallest absolute Gasteiger partial charge is 0.333 e. The van der Waals surface area contributed by atoms with Gasteiger partial charge in [-0.25, -0.2) is 0 Å². The largest absolute Gasteiger partial charge is 0.376 e. The van der Waals surface area contributed by atoms with Crippen LogP contribution in [0.4, 0.5) is 11.4 Å². The van der Waals surface area contributed by atoms with Crippen LogP contribution in [0.15, 0.2) is 60.7 Å². The molecule has 6 aromatic rings. The van der Waals surface area contributed by atoms with Crippen LogP contribution in [0.2, 0.25) is 0 Å². The van der Waals surface area contributed by atoms with E-state index in [4.69, 9.17) is 0 Å². The minimum Gasteiger partial charge on any atom is -0.376 e. The van der Waals surface area contributed by atoms with Crippen molar-refractivity contribution in [3.8, 4) is 16.8 Å². The summed E-state index contributed by atoms with van der Waals surface area (Å²) in [6.07, 6.45) is 9.63. The Kier molecular flexibility index (Phi) is 8.84. The molecule has 0 fully saturated rings. The molecule has 1 aromatic heterocycles. The van der Waals surface area contributed by atoms with Crippen LogP contribution in [0.3, 0.4) is 0 Å². The zero-order valence-electron chi connectivity index (χ0n) is 45.5. The normalized spacial score (nSPS) is 23.1. The Morgan fingerprint density at radius 3 is 1.37 bits per heavy atom. The fraction of sp³-hybridized carbons (Fsp3) is 0.538. The van der Waals surface area contributed by atoms with Crippen molar-refractivity contribution in [3.05, 3.63) is 111 Å². The van der Waals surface area contributed by atoms with Gasteiger partial charge in [0, 0.05) is 33.4 Å². The van der Waals surface area contributed by atoms with E-state index in [9.17, 15) is 0 Å². The fourth-order valence-corrected chi connectivity index (χ4v) is 15.2. The van der Waals surface area contributed by atoms with E-state index in [-0.39, 0.29) is 50.2 Å². The number of benzene rings is 5. The predicted molar refractivity (Wildman–Crippen MR) is 295 cm³/mol. The van der Waals surface area contributed by atoms with Crippen molar-refractivity contribution >= 4 is 51.0 Å². The third-order valence-corrected chi connectivity index (χ3v) is 20.4. The molecule has 3 heterocycles. The average molecular weight is 901 g/mol. The first-order chi connectivity index (χ1) is 31.5. The minimum absolute atomic E-state index is 0.00260. The van der Waals surface area contributed by atoms with E-state index < -0.39 is 0 Å². The number of rotatable bonds is 2. The molecule has 4 aliphatic carbocycles. The zero-order valence-corrected chi connectivity index (χ0v) is 45.5. The van der Waals surface area contributed by atoms with Gasteiger partial charge in [0.1, 0.15) is 0 Å². The van der Waals surface area contributed by atoms with Gasteiger partial charge in [-0.3, -0.25) is 0 Å². The van der Waals surface area contributed by atoms with Gasteiger partial charge in [-0.1, -0.05) is 143 Å². The highest BCUT2D eigenvalue weighted by molar-refractivity contribution is 6.93. The molecule has 0 saturated carbocycles. The second-order valence-electron chi connectivity index (χ2n) is 29.0. The summed E-state index contributed by atoms with van der Waals surface area (Å²) >= 11 is 0. The molecular weight excluding hydrogens is 820 g/mol. The Bertz CT molecular complexity index is 3220. The lowest BCUT2D eigenvalue weighted by molar-refractivity contribution is 0.332. The van der Waals surface area contributed by atoms with Crippen LogP contribution in [-0.4, -0.2) is 11.4 Å². The number of hydrogen-bond donors (Lipinski definition) is 0. The van der Waals surface area contributed by atoms with Gasteiger partial charge < -0.3 is 9.38 Å². The van der Waals surface area contributed by atoms with Crippen molar-refractivity contribution in [1.29, 1.82) is 0 Å². The molecule has 0 amide bonds. The maximum absolute atomic E-state index is 2.90. The van der Waals surface area contributed by atoms with Gasteiger partial charge in [-0.05, 0) is 210 Å². The summed E-state index contributed by atoms with van der Waals surface area (Å²) in [6, 6.07) is 26.8. The topological polar surface area (TPSA) is 8.17 Å². The van der Waals surface area contributed by atoms with E-state index in [1.165, 1.54) is 129 Å². The van der Waals surface area contributed by atoms with Crippen molar-refractivity contribution in [2.24, 2.45) is 0 Å². The fourth-order valence-electron chi connectivity index (χ4n) is 15.2. The van der Waals surface area contributed by atoms with Crippen molar-refractivity contribution in [2.45, 2.75) is 225 Å². The molecule has 2 nitrogen and oxygen atoms in total. The highest BCUT2D eigenvalue weighted by atomic mass is 15.1. The van der Waals surface area contributed by atoms with Gasteiger partial charge in [0.25, 0.3) is 0 Å². The Hall–Kier alpha value is -4.24. The SMILES string of the molecule is CC(C)c1cc2c3c4c1c1cc5c(cc1n4-c1cc4c(cc1B3N(c1ccc3c(c1)C(C)(C)CCC3(C)C)c1cc3c(cc1-2)C(C)(C)CCC3(C)C)C(C)(C)CCC4(C)C)C(C)(C)CCC5(C)C. The highest BCUT2D eigenvalue weighted by Gasteiger charge is 2.50. The molecule has 3 heteroatoms. The molecule has 2 aliphatic heterocycles. The molecule has 0 N–H and O–H groups in total. The van der Waals surface area contributed by atoms with Gasteiger partial charge in [-0.2, -0.15) is 0 Å². The summed E-state index contributed by atoms with van der Waals surface area (Å²) < 4.78 is 2.84. The predicted octanol–water partition coefficient (Wildman–Crippen LogP) is 16.5. The second-order valence-corrected chi connectivity index (χ2v) is 29.0. The van der Waals surface area contributed by atoms with Crippen LogP contribution in [0.5, 0.6) is 0 Å². The van der Waals surface area contributed by atoms with Gasteiger partial charge in [0.15, 0.2) is 0 Å². The van der Waals surface area contributed by atoms with E-state index in [1.54, 1.807) is 33.4 Å². The van der Waals surface area contributed by atoms with Crippen molar-refractivity contribution in [2.75, 3.05) is 4.81 Å². The molecule has 5 aromatic carbocycles. The van der Waals surface area contributed by atoms with Crippen LogP contribution < -0.4 is 15.7 Å². The standard InChI is InChI=1S/C65H81BN2/c1-37(2)39-30-41-40-31-45-49(64(15,16)27-23-60(45,7)8)35-53(40)68(38-19-20-43-44(29-38)59(5,6)22-21-58(43,3)4)66-51-33-47-50(65(17,18)28-25-62(47,11)12)36-54(51)67-52-34-48-46(61(9,10)24-26-63(48,13)14)32-42(52)55(39)57(67)56(41)66/h19-20,29-37H,21-28H2,1-18H3. The quantitative estimate of drug-likeness (QED) is 0.157. The summed E-state index contributed by atoms with van der Waals surface area (Å²) in [7, 11) is 0. The summed E-state index contributed by atoms with van der Waals surface area (Å²) in [6.45, 7) is 45.1. The van der Waals surface area contributed by atoms with Crippen LogP contribution in [0.1, 0.15) is 232 Å². The third kappa shape index (κ3) is 5.89. The zero-order chi connectivity index (χ0) is 48.6. The summed E-state index contributed by atoms with van der Waals surface area (Å²) in [5.41, 5.74) is 27.4. The molecule has 6 aliphatic rings. The number of aromatic nitrogens is 1. The molecule has 0 spiro atoms. The summed E-state index contributed by atoms with van der Waals surface area (Å²) in [5, 5.41) is 2.93. The van der Waals surface area contributed by atoms with Crippen molar-refractivity contribution < 1.29 is 0 Å². The van der Waals surface area contributed by atoms with Gasteiger partial charge in [0.2, 0.25) is 0 Å².